The molecular formula is C19H31N3O4. The molecule has 4 N–H and O–H groups in total. The lowest BCUT2D eigenvalue weighted by molar-refractivity contribution is -0.139. The second kappa shape index (κ2) is 16.0. The van der Waals surface area contributed by atoms with Crippen molar-refractivity contribution in [3.8, 4) is 0 Å². The first-order valence-corrected chi connectivity index (χ1v) is 8.66. The zero-order chi connectivity index (χ0) is 20.5. The predicted molar refractivity (Wildman–Crippen MR) is 102 cm³/mol. The molecule has 7 heteroatoms. The Kier molecular flexibility index (Phi) is 15.8. The van der Waals surface area contributed by atoms with Gasteiger partial charge in [0.15, 0.2) is 0 Å². The Hall–Kier alpha value is -2.54. The highest BCUT2D eigenvalue weighted by Gasteiger charge is 2.21. The summed E-state index contributed by atoms with van der Waals surface area (Å²) in [7, 11) is 0. The Morgan fingerprint density at radius 3 is 2.15 bits per heavy atom. The smallest absolute Gasteiger partial charge is 0.289 e. The van der Waals surface area contributed by atoms with E-state index in [2.05, 4.69) is 10.6 Å². The quantitative estimate of drug-likeness (QED) is 0.604. The van der Waals surface area contributed by atoms with Gasteiger partial charge >= 0.3 is 0 Å². The molecule has 0 radical (unpaired) electrons. The third-order valence-corrected chi connectivity index (χ3v) is 3.25. The van der Waals surface area contributed by atoms with E-state index in [0.717, 1.165) is 12.0 Å². The van der Waals surface area contributed by atoms with E-state index in [1.807, 2.05) is 64.8 Å². The van der Waals surface area contributed by atoms with Gasteiger partial charge in [0.2, 0.25) is 11.7 Å². The van der Waals surface area contributed by atoms with Crippen LogP contribution in [0.1, 0.15) is 52.1 Å². The summed E-state index contributed by atoms with van der Waals surface area (Å²) in [4.78, 5) is 43.0. The summed E-state index contributed by atoms with van der Waals surface area (Å²) < 4.78 is 0. The van der Waals surface area contributed by atoms with Gasteiger partial charge in [-0.2, -0.15) is 0 Å². The molecule has 0 aliphatic heterocycles. The van der Waals surface area contributed by atoms with Gasteiger partial charge < -0.3 is 21.2 Å². The van der Waals surface area contributed by atoms with Crippen molar-refractivity contribution in [1.82, 2.24) is 10.6 Å². The van der Waals surface area contributed by atoms with Gasteiger partial charge in [0.25, 0.3) is 5.91 Å². The van der Waals surface area contributed by atoms with Crippen LogP contribution < -0.4 is 16.4 Å². The molecule has 0 saturated carbocycles. The highest BCUT2D eigenvalue weighted by Crippen LogP contribution is 2.10. The second-order valence-corrected chi connectivity index (χ2v) is 5.14. The number of ketones is 1. The average molecular weight is 365 g/mol. The minimum absolute atomic E-state index is 0.177. The van der Waals surface area contributed by atoms with E-state index < -0.39 is 17.7 Å². The van der Waals surface area contributed by atoms with E-state index in [1.54, 1.807) is 0 Å². The van der Waals surface area contributed by atoms with Crippen molar-refractivity contribution in [3.05, 3.63) is 35.9 Å². The van der Waals surface area contributed by atoms with Crippen molar-refractivity contribution >= 4 is 24.4 Å². The number of benzene rings is 1. The van der Waals surface area contributed by atoms with Crippen molar-refractivity contribution in [3.63, 3.8) is 0 Å². The third-order valence-electron chi connectivity index (χ3n) is 3.25. The van der Waals surface area contributed by atoms with Gasteiger partial charge in [0, 0.05) is 0 Å². The minimum Gasteiger partial charge on any atom is -0.348 e. The molecule has 1 aromatic rings. The number of carbonyl (C=O) groups is 4. The fraction of sp³-hybridized carbons (Fsp3) is 0.474. The van der Waals surface area contributed by atoms with E-state index >= 15 is 0 Å². The molecule has 26 heavy (non-hydrogen) atoms. The molecule has 0 aliphatic carbocycles. The van der Waals surface area contributed by atoms with E-state index in [-0.39, 0.29) is 18.5 Å². The second-order valence-electron chi connectivity index (χ2n) is 5.14. The molecule has 2 atom stereocenters. The van der Waals surface area contributed by atoms with Gasteiger partial charge in [-0.3, -0.25) is 14.4 Å². The van der Waals surface area contributed by atoms with Crippen LogP contribution in [0.25, 0.3) is 0 Å². The predicted octanol–water partition coefficient (Wildman–Crippen LogP) is 1.52. The molecule has 2 unspecified atom stereocenters. The van der Waals surface area contributed by atoms with Gasteiger partial charge in [-0.25, -0.2) is 0 Å². The number of amides is 2. The van der Waals surface area contributed by atoms with Crippen molar-refractivity contribution in [1.29, 1.82) is 0 Å². The van der Waals surface area contributed by atoms with Crippen LogP contribution in [0.15, 0.2) is 30.3 Å². The van der Waals surface area contributed by atoms with E-state index in [4.69, 9.17) is 10.5 Å². The SMILES string of the molecule is C=O.CC.CCCC(N)C(=O)C(=O)NCC(=O)NC(C)c1ccccc1. The van der Waals surface area contributed by atoms with Gasteiger partial charge in [0.1, 0.15) is 6.79 Å². The Bertz CT molecular complexity index is 535. The summed E-state index contributed by atoms with van der Waals surface area (Å²) in [6.07, 6.45) is 1.17. The summed E-state index contributed by atoms with van der Waals surface area (Å²) >= 11 is 0. The molecule has 0 bridgehead atoms. The van der Waals surface area contributed by atoms with Gasteiger partial charge in [0.05, 0.1) is 18.6 Å². The number of hydrogen-bond donors (Lipinski definition) is 3. The van der Waals surface area contributed by atoms with Crippen LogP contribution >= 0.6 is 0 Å². The molecule has 1 aromatic carbocycles. The average Bonchev–Trinajstić information content (AvgIpc) is 2.69. The minimum atomic E-state index is -0.816. The monoisotopic (exact) mass is 365 g/mol. The van der Waals surface area contributed by atoms with Crippen molar-refractivity contribution < 1.29 is 19.2 Å². The lowest BCUT2D eigenvalue weighted by Gasteiger charge is -2.15. The van der Waals surface area contributed by atoms with Crippen LogP contribution in [0, 0.1) is 0 Å². The van der Waals surface area contributed by atoms with Crippen LogP contribution in [0.3, 0.4) is 0 Å². The van der Waals surface area contributed by atoms with Crippen molar-refractivity contribution in [2.45, 2.75) is 52.6 Å². The maximum absolute atomic E-state index is 11.8. The zero-order valence-corrected chi connectivity index (χ0v) is 16.1. The standard InChI is InChI=1S/C16H23N3O3.C2H6.CH2O/c1-3-7-13(17)15(21)16(22)18-10-14(20)19-11(2)12-8-5-4-6-9-12;2*1-2/h4-6,8-9,11,13H,3,7,10,17H2,1-2H3,(H,18,22)(H,19,20);1-2H3;1H2. The van der Waals surface area contributed by atoms with Crippen LogP contribution in [0.2, 0.25) is 0 Å². The molecule has 0 heterocycles. The summed E-state index contributed by atoms with van der Waals surface area (Å²) in [5.74, 6) is -1.87. The topological polar surface area (TPSA) is 118 Å². The lowest BCUT2D eigenvalue weighted by atomic mass is 10.1. The molecule has 0 saturated heterocycles. The molecule has 0 fully saturated rings. The first-order valence-electron chi connectivity index (χ1n) is 8.66. The molecule has 2 amide bonds. The van der Waals surface area contributed by atoms with Crippen LogP contribution in [-0.4, -0.2) is 37.0 Å². The number of Topliss-reactive ketones (excluding diaryl/α,β-unsaturated/α-hetero) is 1. The largest absolute Gasteiger partial charge is 0.348 e. The molecule has 0 aromatic heterocycles. The normalized spacial score (nSPS) is 11.4. The van der Waals surface area contributed by atoms with Crippen LogP contribution in [0.4, 0.5) is 0 Å². The fourth-order valence-electron chi connectivity index (χ4n) is 1.98. The molecule has 1 rings (SSSR count). The Morgan fingerprint density at radius 1 is 1.12 bits per heavy atom. The highest BCUT2D eigenvalue weighted by molar-refractivity contribution is 6.38. The maximum atomic E-state index is 11.8. The molecule has 7 nitrogen and oxygen atoms in total. The summed E-state index contributed by atoms with van der Waals surface area (Å²) in [6, 6.07) is 8.47. The molecular weight excluding hydrogens is 334 g/mol. The lowest BCUT2D eigenvalue weighted by Crippen LogP contribution is -2.45. The van der Waals surface area contributed by atoms with Crippen LogP contribution in [0.5, 0.6) is 0 Å². The number of rotatable bonds is 8. The molecule has 0 spiro atoms. The molecule has 146 valence electrons. The zero-order valence-electron chi connectivity index (χ0n) is 16.1. The Morgan fingerprint density at radius 2 is 1.65 bits per heavy atom. The van der Waals surface area contributed by atoms with Crippen LogP contribution in [-0.2, 0) is 19.2 Å². The first-order chi connectivity index (χ1) is 12.5. The van der Waals surface area contributed by atoms with E-state index in [1.165, 1.54) is 0 Å². The number of hydrogen-bond acceptors (Lipinski definition) is 5. The van der Waals surface area contributed by atoms with Gasteiger partial charge in [-0.1, -0.05) is 57.5 Å². The Balaban J connectivity index is 0. The number of carbonyl (C=O) groups excluding carboxylic acids is 4. The van der Waals surface area contributed by atoms with Crippen molar-refractivity contribution in [2.75, 3.05) is 6.54 Å². The van der Waals surface area contributed by atoms with Gasteiger partial charge in [-0.05, 0) is 18.9 Å². The van der Waals surface area contributed by atoms with E-state index in [0.29, 0.717) is 6.42 Å². The Labute approximate surface area is 155 Å². The maximum Gasteiger partial charge on any atom is 0.289 e. The van der Waals surface area contributed by atoms with Crippen molar-refractivity contribution in [2.24, 2.45) is 5.73 Å². The number of nitrogens with two attached hydrogens (primary N) is 1. The first kappa shape index (κ1) is 25.7. The highest BCUT2D eigenvalue weighted by atomic mass is 16.2. The molecule has 0 aliphatic rings. The van der Waals surface area contributed by atoms with E-state index in [9.17, 15) is 14.4 Å². The third kappa shape index (κ3) is 10.4. The fourth-order valence-corrected chi connectivity index (χ4v) is 1.98. The summed E-state index contributed by atoms with van der Waals surface area (Å²) in [6.45, 7) is 9.47. The van der Waals surface area contributed by atoms with Gasteiger partial charge in [-0.15, -0.1) is 0 Å². The summed E-state index contributed by atoms with van der Waals surface area (Å²) in [5.41, 5.74) is 6.54. The summed E-state index contributed by atoms with van der Waals surface area (Å²) in [5, 5.41) is 5.05. The number of nitrogens with one attached hydrogen (secondary N) is 2.